The predicted molar refractivity (Wildman–Crippen MR) is 85.2 cm³/mol. The summed E-state index contributed by atoms with van der Waals surface area (Å²) in [6, 6.07) is 18.9. The summed E-state index contributed by atoms with van der Waals surface area (Å²) < 4.78 is 0. The first-order chi connectivity index (χ1) is 10.8. The molecule has 4 nitrogen and oxygen atoms in total. The van der Waals surface area contributed by atoms with Crippen molar-refractivity contribution in [3.05, 3.63) is 71.8 Å². The van der Waals surface area contributed by atoms with E-state index in [1.807, 2.05) is 65.6 Å². The van der Waals surface area contributed by atoms with Gasteiger partial charge in [0.2, 0.25) is 5.91 Å². The molecule has 1 aliphatic heterocycles. The van der Waals surface area contributed by atoms with Gasteiger partial charge in [-0.2, -0.15) is 0 Å². The number of aliphatic hydroxyl groups excluding tert-OH is 1. The Morgan fingerprint density at radius 2 is 1.73 bits per heavy atom. The van der Waals surface area contributed by atoms with Gasteiger partial charge in [-0.15, -0.1) is 0 Å². The second kappa shape index (κ2) is 6.73. The molecule has 1 aliphatic rings. The topological polar surface area (TPSA) is 52.6 Å². The Morgan fingerprint density at radius 1 is 1.09 bits per heavy atom. The smallest absolute Gasteiger partial charge is 0.242 e. The first kappa shape index (κ1) is 14.8. The molecule has 0 bridgehead atoms. The van der Waals surface area contributed by atoms with Crippen LogP contribution in [-0.4, -0.2) is 35.5 Å². The van der Waals surface area contributed by atoms with Crippen LogP contribution in [0.5, 0.6) is 0 Å². The lowest BCUT2D eigenvalue weighted by molar-refractivity contribution is -0.130. The maximum atomic E-state index is 12.3. The lowest BCUT2D eigenvalue weighted by atomic mass is 10.0. The first-order valence-corrected chi connectivity index (χ1v) is 7.55. The van der Waals surface area contributed by atoms with Crippen molar-refractivity contribution in [2.24, 2.45) is 0 Å². The average molecular weight is 296 g/mol. The van der Waals surface area contributed by atoms with E-state index < -0.39 is 6.10 Å². The van der Waals surface area contributed by atoms with Gasteiger partial charge >= 0.3 is 0 Å². The highest BCUT2D eigenvalue weighted by Gasteiger charge is 2.32. The Bertz CT molecular complexity index is 615. The van der Waals surface area contributed by atoms with Crippen LogP contribution >= 0.6 is 0 Å². The number of amides is 1. The van der Waals surface area contributed by atoms with Gasteiger partial charge in [0, 0.05) is 19.6 Å². The van der Waals surface area contributed by atoms with Crippen LogP contribution < -0.4 is 5.32 Å². The zero-order valence-corrected chi connectivity index (χ0v) is 12.4. The highest BCUT2D eigenvalue weighted by molar-refractivity contribution is 5.83. The van der Waals surface area contributed by atoms with Crippen molar-refractivity contribution >= 4 is 5.91 Å². The molecule has 0 aliphatic carbocycles. The molecule has 1 amide bonds. The normalized spacial score (nSPS) is 20.4. The van der Waals surface area contributed by atoms with Gasteiger partial charge in [-0.3, -0.25) is 9.69 Å². The first-order valence-electron chi connectivity index (χ1n) is 7.55. The molecule has 2 atom stereocenters. The summed E-state index contributed by atoms with van der Waals surface area (Å²) in [6.07, 6.45) is -0.599. The van der Waals surface area contributed by atoms with Gasteiger partial charge in [0.05, 0.1) is 6.10 Å². The van der Waals surface area contributed by atoms with Crippen LogP contribution in [-0.2, 0) is 4.79 Å². The molecule has 2 aromatic carbocycles. The second-order valence-electron chi connectivity index (χ2n) is 5.53. The van der Waals surface area contributed by atoms with Gasteiger partial charge in [-0.25, -0.2) is 0 Å². The summed E-state index contributed by atoms with van der Waals surface area (Å²) in [5, 5.41) is 13.4. The molecule has 4 heteroatoms. The molecule has 0 saturated carbocycles. The van der Waals surface area contributed by atoms with Crippen molar-refractivity contribution in [2.75, 3.05) is 19.6 Å². The third-order valence-corrected chi connectivity index (χ3v) is 4.02. The van der Waals surface area contributed by atoms with Crippen molar-refractivity contribution in [1.82, 2.24) is 10.2 Å². The van der Waals surface area contributed by atoms with Gasteiger partial charge in [0.15, 0.2) is 0 Å². The van der Waals surface area contributed by atoms with Crippen LogP contribution in [0.2, 0.25) is 0 Å². The van der Waals surface area contributed by atoms with Crippen LogP contribution in [0.1, 0.15) is 23.3 Å². The Morgan fingerprint density at radius 3 is 2.41 bits per heavy atom. The van der Waals surface area contributed by atoms with E-state index in [4.69, 9.17) is 0 Å². The van der Waals surface area contributed by atoms with Gasteiger partial charge in [0.1, 0.15) is 6.04 Å². The Hall–Kier alpha value is -2.17. The molecule has 2 unspecified atom stereocenters. The molecule has 0 aromatic heterocycles. The van der Waals surface area contributed by atoms with Crippen molar-refractivity contribution in [3.63, 3.8) is 0 Å². The molecule has 0 spiro atoms. The number of benzene rings is 2. The SMILES string of the molecule is O=C1NCCN(CC(O)c2ccccc2)C1c1ccccc1. The number of aliphatic hydroxyl groups is 1. The van der Waals surface area contributed by atoms with E-state index in [2.05, 4.69) is 5.32 Å². The molecule has 0 radical (unpaired) electrons. The summed E-state index contributed by atoms with van der Waals surface area (Å²) >= 11 is 0. The van der Waals surface area contributed by atoms with Crippen LogP contribution in [0.4, 0.5) is 0 Å². The monoisotopic (exact) mass is 296 g/mol. The molecule has 114 valence electrons. The Labute approximate surface area is 130 Å². The number of carbonyl (C=O) groups excluding carboxylic acids is 1. The molecule has 3 rings (SSSR count). The van der Waals surface area contributed by atoms with E-state index >= 15 is 0 Å². The highest BCUT2D eigenvalue weighted by Crippen LogP contribution is 2.25. The van der Waals surface area contributed by atoms with Crippen molar-refractivity contribution in [3.8, 4) is 0 Å². The van der Waals surface area contributed by atoms with Crippen molar-refractivity contribution in [1.29, 1.82) is 0 Å². The fourth-order valence-electron chi connectivity index (χ4n) is 2.91. The average Bonchev–Trinajstić information content (AvgIpc) is 2.56. The second-order valence-corrected chi connectivity index (χ2v) is 5.53. The molecule has 1 fully saturated rings. The van der Waals surface area contributed by atoms with E-state index in [-0.39, 0.29) is 11.9 Å². The van der Waals surface area contributed by atoms with Crippen LogP contribution in [0.15, 0.2) is 60.7 Å². The van der Waals surface area contributed by atoms with Crippen LogP contribution in [0, 0.1) is 0 Å². The molecular formula is C18H20N2O2. The molecule has 2 aromatic rings. The van der Waals surface area contributed by atoms with E-state index in [0.717, 1.165) is 17.7 Å². The number of β-amino-alcohol motifs (C(OH)–C–C–N with tert-alkyl or cyclic N) is 1. The molecule has 1 heterocycles. The van der Waals surface area contributed by atoms with Gasteiger partial charge in [-0.1, -0.05) is 60.7 Å². The Balaban J connectivity index is 1.80. The largest absolute Gasteiger partial charge is 0.387 e. The molecule has 1 saturated heterocycles. The van der Waals surface area contributed by atoms with Gasteiger partial charge < -0.3 is 10.4 Å². The highest BCUT2D eigenvalue weighted by atomic mass is 16.3. The lowest BCUT2D eigenvalue weighted by Gasteiger charge is -2.36. The minimum atomic E-state index is -0.599. The Kier molecular flexibility index (Phi) is 4.51. The molecular weight excluding hydrogens is 276 g/mol. The minimum absolute atomic E-state index is 0.00212. The van der Waals surface area contributed by atoms with Gasteiger partial charge in [-0.05, 0) is 11.1 Å². The minimum Gasteiger partial charge on any atom is -0.387 e. The van der Waals surface area contributed by atoms with Crippen LogP contribution in [0.3, 0.4) is 0 Å². The summed E-state index contributed by atoms with van der Waals surface area (Å²) in [5.41, 5.74) is 1.83. The standard InChI is InChI=1S/C18H20N2O2/c21-16(14-7-3-1-4-8-14)13-20-12-11-19-18(22)17(20)15-9-5-2-6-10-15/h1-10,16-17,21H,11-13H2,(H,19,22). The summed E-state index contributed by atoms with van der Waals surface area (Å²) in [4.78, 5) is 14.3. The maximum Gasteiger partial charge on any atom is 0.242 e. The predicted octanol–water partition coefficient (Wildman–Crippen LogP) is 1.89. The molecule has 2 N–H and O–H groups in total. The van der Waals surface area contributed by atoms with E-state index in [0.29, 0.717) is 13.1 Å². The number of rotatable bonds is 4. The van der Waals surface area contributed by atoms with E-state index in [1.165, 1.54) is 0 Å². The van der Waals surface area contributed by atoms with Crippen LogP contribution in [0.25, 0.3) is 0 Å². The summed E-state index contributed by atoms with van der Waals surface area (Å²) in [5.74, 6) is -0.00212. The lowest BCUT2D eigenvalue weighted by Crippen LogP contribution is -2.51. The zero-order valence-electron chi connectivity index (χ0n) is 12.4. The number of hydrogen-bond donors (Lipinski definition) is 2. The quantitative estimate of drug-likeness (QED) is 0.906. The zero-order chi connectivity index (χ0) is 15.4. The number of piperazine rings is 1. The van der Waals surface area contributed by atoms with Gasteiger partial charge in [0.25, 0.3) is 0 Å². The van der Waals surface area contributed by atoms with Crippen molar-refractivity contribution in [2.45, 2.75) is 12.1 Å². The fourth-order valence-corrected chi connectivity index (χ4v) is 2.91. The third kappa shape index (κ3) is 3.18. The van der Waals surface area contributed by atoms with Crippen molar-refractivity contribution < 1.29 is 9.90 Å². The maximum absolute atomic E-state index is 12.3. The number of carbonyl (C=O) groups is 1. The fraction of sp³-hybridized carbons (Fsp3) is 0.278. The summed E-state index contributed by atoms with van der Waals surface area (Å²) in [7, 11) is 0. The number of nitrogens with zero attached hydrogens (tertiary/aromatic N) is 1. The number of nitrogens with one attached hydrogen (secondary N) is 1. The van der Waals surface area contributed by atoms with E-state index in [9.17, 15) is 9.90 Å². The molecule has 22 heavy (non-hydrogen) atoms. The number of hydrogen-bond acceptors (Lipinski definition) is 3. The third-order valence-electron chi connectivity index (χ3n) is 4.02. The van der Waals surface area contributed by atoms with E-state index in [1.54, 1.807) is 0 Å². The summed E-state index contributed by atoms with van der Waals surface area (Å²) in [6.45, 7) is 1.79.